The van der Waals surface area contributed by atoms with Gasteiger partial charge in [-0.25, -0.2) is 4.98 Å². The van der Waals surface area contributed by atoms with Crippen LogP contribution in [0.1, 0.15) is 0 Å². The highest BCUT2D eigenvalue weighted by atomic mass is 79.9. The molecule has 0 saturated heterocycles. The maximum atomic E-state index is 9.69. The molecule has 0 saturated carbocycles. The quantitative estimate of drug-likeness (QED) is 0.744. The molecule has 0 fully saturated rings. The summed E-state index contributed by atoms with van der Waals surface area (Å²) in [6.07, 6.45) is 3.65. The van der Waals surface area contributed by atoms with Gasteiger partial charge < -0.3 is 5.11 Å². The molecule has 0 radical (unpaired) electrons. The van der Waals surface area contributed by atoms with Crippen molar-refractivity contribution in [2.24, 2.45) is 0 Å². The van der Waals surface area contributed by atoms with Crippen LogP contribution in [-0.2, 0) is 0 Å². The molecule has 0 atom stereocenters. The van der Waals surface area contributed by atoms with Crippen LogP contribution in [0.25, 0.3) is 16.9 Å². The predicted octanol–water partition coefficient (Wildman–Crippen LogP) is 3.47. The molecular weight excluding hydrogens is 280 g/mol. The maximum absolute atomic E-state index is 9.69. The molecule has 3 nitrogen and oxygen atoms in total. The maximum Gasteiger partial charge on any atom is 0.179 e. The SMILES string of the molecule is Oc1cccn2c(-c3cccc(Br)c3)cnc12. The third-order valence-electron chi connectivity index (χ3n) is 2.64. The number of pyridine rings is 1. The van der Waals surface area contributed by atoms with Crippen molar-refractivity contribution in [2.75, 3.05) is 0 Å². The number of nitrogens with zero attached hydrogens (tertiary/aromatic N) is 2. The van der Waals surface area contributed by atoms with E-state index in [4.69, 9.17) is 0 Å². The number of fused-ring (bicyclic) bond motifs is 1. The topological polar surface area (TPSA) is 37.5 Å². The summed E-state index contributed by atoms with van der Waals surface area (Å²) in [7, 11) is 0. The Morgan fingerprint density at radius 1 is 1.18 bits per heavy atom. The molecule has 3 aromatic rings. The summed E-state index contributed by atoms with van der Waals surface area (Å²) in [4.78, 5) is 4.22. The summed E-state index contributed by atoms with van der Waals surface area (Å²) >= 11 is 3.45. The van der Waals surface area contributed by atoms with Crippen molar-refractivity contribution >= 4 is 21.6 Å². The van der Waals surface area contributed by atoms with Gasteiger partial charge in [0, 0.05) is 16.2 Å². The van der Waals surface area contributed by atoms with E-state index in [1.165, 1.54) is 0 Å². The number of hydrogen-bond acceptors (Lipinski definition) is 2. The van der Waals surface area contributed by atoms with Gasteiger partial charge in [-0.1, -0.05) is 28.1 Å². The molecule has 84 valence electrons. The molecule has 0 amide bonds. The first-order valence-corrected chi connectivity index (χ1v) is 5.96. The van der Waals surface area contributed by atoms with E-state index in [2.05, 4.69) is 20.9 Å². The minimum Gasteiger partial charge on any atom is -0.504 e. The van der Waals surface area contributed by atoms with Gasteiger partial charge in [0.15, 0.2) is 11.4 Å². The Kier molecular flexibility index (Phi) is 2.37. The summed E-state index contributed by atoms with van der Waals surface area (Å²) in [5.41, 5.74) is 2.58. The number of benzene rings is 1. The second kappa shape index (κ2) is 3.89. The molecule has 1 aromatic carbocycles. The zero-order chi connectivity index (χ0) is 11.8. The Labute approximate surface area is 106 Å². The fraction of sp³-hybridized carbons (Fsp3) is 0. The minimum absolute atomic E-state index is 0.189. The fourth-order valence-electron chi connectivity index (χ4n) is 1.86. The van der Waals surface area contributed by atoms with Crippen LogP contribution in [0.2, 0.25) is 0 Å². The molecule has 0 spiro atoms. The first-order chi connectivity index (χ1) is 8.25. The molecule has 4 heteroatoms. The van der Waals surface area contributed by atoms with Crippen LogP contribution in [0, 0.1) is 0 Å². The van der Waals surface area contributed by atoms with Crippen LogP contribution in [0.4, 0.5) is 0 Å². The lowest BCUT2D eigenvalue weighted by Crippen LogP contribution is -1.87. The molecular formula is C13H9BrN2O. The molecule has 0 aliphatic rings. The summed E-state index contributed by atoms with van der Waals surface area (Å²) in [6, 6.07) is 11.4. The summed E-state index contributed by atoms with van der Waals surface area (Å²) < 4.78 is 2.89. The highest BCUT2D eigenvalue weighted by Crippen LogP contribution is 2.26. The molecule has 3 rings (SSSR count). The summed E-state index contributed by atoms with van der Waals surface area (Å²) in [6.45, 7) is 0. The highest BCUT2D eigenvalue weighted by Gasteiger charge is 2.08. The first kappa shape index (κ1) is 10.4. The lowest BCUT2D eigenvalue weighted by atomic mass is 10.2. The first-order valence-electron chi connectivity index (χ1n) is 5.17. The number of rotatable bonds is 1. The van der Waals surface area contributed by atoms with Gasteiger partial charge in [0.05, 0.1) is 11.9 Å². The monoisotopic (exact) mass is 288 g/mol. The Hall–Kier alpha value is -1.81. The average Bonchev–Trinajstić information content (AvgIpc) is 2.74. The van der Waals surface area contributed by atoms with E-state index in [0.717, 1.165) is 15.7 Å². The fourth-order valence-corrected chi connectivity index (χ4v) is 2.26. The van der Waals surface area contributed by atoms with Crippen LogP contribution in [-0.4, -0.2) is 14.5 Å². The van der Waals surface area contributed by atoms with E-state index in [0.29, 0.717) is 5.65 Å². The van der Waals surface area contributed by atoms with Crippen LogP contribution in [0.15, 0.2) is 53.3 Å². The van der Waals surface area contributed by atoms with Gasteiger partial charge in [-0.2, -0.15) is 0 Å². The van der Waals surface area contributed by atoms with Crippen molar-refractivity contribution in [3.8, 4) is 17.0 Å². The average molecular weight is 289 g/mol. The van der Waals surface area contributed by atoms with E-state index in [1.807, 2.05) is 34.9 Å². The third kappa shape index (κ3) is 1.70. The van der Waals surface area contributed by atoms with Gasteiger partial charge in [-0.3, -0.25) is 4.40 Å². The van der Waals surface area contributed by atoms with Gasteiger partial charge in [-0.15, -0.1) is 0 Å². The van der Waals surface area contributed by atoms with Crippen LogP contribution in [0.3, 0.4) is 0 Å². The molecule has 2 heterocycles. The Morgan fingerprint density at radius 3 is 2.88 bits per heavy atom. The Bertz CT molecular complexity index is 691. The van der Waals surface area contributed by atoms with Crippen molar-refractivity contribution < 1.29 is 5.11 Å². The van der Waals surface area contributed by atoms with Gasteiger partial charge in [0.1, 0.15) is 0 Å². The van der Waals surface area contributed by atoms with Crippen molar-refractivity contribution in [1.82, 2.24) is 9.38 Å². The zero-order valence-corrected chi connectivity index (χ0v) is 10.4. The Morgan fingerprint density at radius 2 is 2.06 bits per heavy atom. The number of hydrogen-bond donors (Lipinski definition) is 1. The van der Waals surface area contributed by atoms with E-state index >= 15 is 0 Å². The lowest BCUT2D eigenvalue weighted by Gasteiger charge is -2.02. The molecule has 17 heavy (non-hydrogen) atoms. The van der Waals surface area contributed by atoms with Gasteiger partial charge in [-0.05, 0) is 24.3 Å². The van der Waals surface area contributed by atoms with E-state index in [9.17, 15) is 5.11 Å². The number of aromatic hydroxyl groups is 1. The molecule has 0 bridgehead atoms. The van der Waals surface area contributed by atoms with Gasteiger partial charge >= 0.3 is 0 Å². The van der Waals surface area contributed by atoms with Crippen LogP contribution in [0.5, 0.6) is 5.75 Å². The number of aromatic nitrogens is 2. The summed E-state index contributed by atoms with van der Waals surface area (Å²) in [5.74, 6) is 0.189. The standard InChI is InChI=1S/C13H9BrN2O/c14-10-4-1-3-9(7-10)11-8-15-13-12(17)5-2-6-16(11)13/h1-8,17H. The van der Waals surface area contributed by atoms with E-state index < -0.39 is 0 Å². The number of halogens is 1. The smallest absolute Gasteiger partial charge is 0.179 e. The predicted molar refractivity (Wildman–Crippen MR) is 70.0 cm³/mol. The van der Waals surface area contributed by atoms with Gasteiger partial charge in [0.2, 0.25) is 0 Å². The largest absolute Gasteiger partial charge is 0.504 e. The van der Waals surface area contributed by atoms with E-state index in [1.54, 1.807) is 18.3 Å². The molecule has 0 aliphatic heterocycles. The molecule has 2 aromatic heterocycles. The van der Waals surface area contributed by atoms with Crippen LogP contribution < -0.4 is 0 Å². The van der Waals surface area contributed by atoms with Crippen molar-refractivity contribution in [3.05, 3.63) is 53.3 Å². The second-order valence-electron chi connectivity index (χ2n) is 3.74. The normalized spacial score (nSPS) is 10.9. The Balaban J connectivity index is 2.28. The highest BCUT2D eigenvalue weighted by molar-refractivity contribution is 9.10. The molecule has 1 N–H and O–H groups in total. The third-order valence-corrected chi connectivity index (χ3v) is 3.13. The molecule has 0 unspecified atom stereocenters. The van der Waals surface area contributed by atoms with Crippen molar-refractivity contribution in [3.63, 3.8) is 0 Å². The van der Waals surface area contributed by atoms with Crippen molar-refractivity contribution in [1.29, 1.82) is 0 Å². The minimum atomic E-state index is 0.189. The van der Waals surface area contributed by atoms with E-state index in [-0.39, 0.29) is 5.75 Å². The van der Waals surface area contributed by atoms with Crippen LogP contribution >= 0.6 is 15.9 Å². The zero-order valence-electron chi connectivity index (χ0n) is 8.84. The van der Waals surface area contributed by atoms with Gasteiger partial charge in [0.25, 0.3) is 0 Å². The second-order valence-corrected chi connectivity index (χ2v) is 4.66. The molecule has 0 aliphatic carbocycles. The lowest BCUT2D eigenvalue weighted by molar-refractivity contribution is 0.477. The van der Waals surface area contributed by atoms with Crippen molar-refractivity contribution in [2.45, 2.75) is 0 Å². The number of imidazole rings is 1. The summed E-state index contributed by atoms with van der Waals surface area (Å²) in [5, 5.41) is 9.69.